The van der Waals surface area contributed by atoms with Gasteiger partial charge in [-0.3, -0.25) is 18.7 Å². The van der Waals surface area contributed by atoms with Gasteiger partial charge in [0, 0.05) is 31.4 Å². The summed E-state index contributed by atoms with van der Waals surface area (Å²) in [4.78, 5) is 39.4. The molecule has 1 fully saturated rings. The molecule has 0 saturated heterocycles. The summed E-state index contributed by atoms with van der Waals surface area (Å²) in [6.45, 7) is 0.0289. The van der Waals surface area contributed by atoms with Gasteiger partial charge in [-0.05, 0) is 32.1 Å². The van der Waals surface area contributed by atoms with E-state index in [1.807, 2.05) is 0 Å². The molecule has 126 valence electrons. The van der Waals surface area contributed by atoms with E-state index >= 15 is 0 Å². The standard InChI is InChI=1S/C17H25N3O3/c1-18(2)15(21)11-19-14-10-6-9-13(14)16(22)20(17(19)23)12-7-4-3-5-8-12/h12H,3-11H2,1-2H3. The van der Waals surface area contributed by atoms with Crippen molar-refractivity contribution in [3.8, 4) is 0 Å². The first-order chi connectivity index (χ1) is 11.0. The lowest BCUT2D eigenvalue weighted by atomic mass is 9.95. The minimum atomic E-state index is -0.294. The maximum absolute atomic E-state index is 13.0. The molecule has 0 N–H and O–H groups in total. The third kappa shape index (κ3) is 2.86. The van der Waals surface area contributed by atoms with E-state index in [1.165, 1.54) is 15.9 Å². The summed E-state index contributed by atoms with van der Waals surface area (Å²) in [5.41, 5.74) is 1.13. The molecule has 1 amide bonds. The molecule has 1 heterocycles. The van der Waals surface area contributed by atoms with Gasteiger partial charge in [0.15, 0.2) is 0 Å². The van der Waals surface area contributed by atoms with Crippen LogP contribution in [0.25, 0.3) is 0 Å². The van der Waals surface area contributed by atoms with E-state index < -0.39 is 0 Å². The number of carbonyl (C=O) groups is 1. The predicted molar refractivity (Wildman–Crippen MR) is 87.8 cm³/mol. The number of amides is 1. The molecule has 0 radical (unpaired) electrons. The van der Waals surface area contributed by atoms with E-state index in [2.05, 4.69) is 0 Å². The molecule has 0 unspecified atom stereocenters. The molecule has 0 aliphatic heterocycles. The molecule has 1 aromatic heterocycles. The molecule has 6 nitrogen and oxygen atoms in total. The van der Waals surface area contributed by atoms with Crippen molar-refractivity contribution in [3.05, 3.63) is 32.1 Å². The Hall–Kier alpha value is -1.85. The summed E-state index contributed by atoms with van der Waals surface area (Å²) in [7, 11) is 3.37. The van der Waals surface area contributed by atoms with Crippen molar-refractivity contribution in [2.45, 2.75) is 64.0 Å². The lowest BCUT2D eigenvalue weighted by molar-refractivity contribution is -0.129. The Morgan fingerprint density at radius 3 is 2.43 bits per heavy atom. The number of likely N-dealkylation sites (N-methyl/N-ethyl adjacent to an activating group) is 1. The number of rotatable bonds is 3. The summed E-state index contributed by atoms with van der Waals surface area (Å²) in [6, 6.07) is -0.00430. The predicted octanol–water partition coefficient (Wildman–Crippen LogP) is 1.09. The van der Waals surface area contributed by atoms with Gasteiger partial charge in [-0.15, -0.1) is 0 Å². The van der Waals surface area contributed by atoms with Crippen LogP contribution >= 0.6 is 0 Å². The van der Waals surface area contributed by atoms with Gasteiger partial charge < -0.3 is 4.90 Å². The highest BCUT2D eigenvalue weighted by Crippen LogP contribution is 2.27. The maximum atomic E-state index is 13.0. The second kappa shape index (κ2) is 6.34. The zero-order valence-corrected chi connectivity index (χ0v) is 14.0. The number of hydrogen-bond donors (Lipinski definition) is 0. The third-order valence-electron chi connectivity index (χ3n) is 5.16. The van der Waals surface area contributed by atoms with Crippen molar-refractivity contribution in [3.63, 3.8) is 0 Å². The van der Waals surface area contributed by atoms with Crippen molar-refractivity contribution >= 4 is 5.91 Å². The van der Waals surface area contributed by atoms with Crippen LogP contribution in [0.1, 0.15) is 55.8 Å². The molecule has 2 aliphatic rings. The van der Waals surface area contributed by atoms with E-state index in [9.17, 15) is 14.4 Å². The number of nitrogens with zero attached hydrogens (tertiary/aromatic N) is 3. The van der Waals surface area contributed by atoms with Crippen LogP contribution in [0.3, 0.4) is 0 Å². The summed E-state index contributed by atoms with van der Waals surface area (Å²) in [6.07, 6.45) is 7.38. The Balaban J connectivity index is 2.12. The maximum Gasteiger partial charge on any atom is 0.331 e. The zero-order valence-electron chi connectivity index (χ0n) is 14.0. The number of hydrogen-bond acceptors (Lipinski definition) is 3. The first-order valence-corrected chi connectivity index (χ1v) is 8.58. The van der Waals surface area contributed by atoms with Crippen molar-refractivity contribution < 1.29 is 4.79 Å². The van der Waals surface area contributed by atoms with Gasteiger partial charge in [0.1, 0.15) is 6.54 Å². The van der Waals surface area contributed by atoms with Crippen LogP contribution < -0.4 is 11.2 Å². The molecule has 0 spiro atoms. The molecule has 6 heteroatoms. The van der Waals surface area contributed by atoms with Crippen LogP contribution in [-0.2, 0) is 24.2 Å². The Bertz CT molecular complexity index is 724. The molecule has 2 aliphatic carbocycles. The molecule has 1 saturated carbocycles. The second-order valence-electron chi connectivity index (χ2n) is 6.90. The average molecular weight is 319 g/mol. The number of fused-ring (bicyclic) bond motifs is 1. The normalized spacial score (nSPS) is 18.0. The Morgan fingerprint density at radius 1 is 1.09 bits per heavy atom. The highest BCUT2D eigenvalue weighted by Gasteiger charge is 2.28. The summed E-state index contributed by atoms with van der Waals surface area (Å²) in [5, 5.41) is 0. The Kier molecular flexibility index (Phi) is 4.41. The fraction of sp³-hybridized carbons (Fsp3) is 0.706. The van der Waals surface area contributed by atoms with E-state index in [0.29, 0.717) is 6.42 Å². The fourth-order valence-corrected chi connectivity index (χ4v) is 3.83. The summed E-state index contributed by atoms with van der Waals surface area (Å²) >= 11 is 0. The van der Waals surface area contributed by atoms with Crippen molar-refractivity contribution in [1.29, 1.82) is 0 Å². The molecule has 23 heavy (non-hydrogen) atoms. The van der Waals surface area contributed by atoms with Gasteiger partial charge in [-0.1, -0.05) is 19.3 Å². The van der Waals surface area contributed by atoms with Gasteiger partial charge >= 0.3 is 5.69 Å². The highest BCUT2D eigenvalue weighted by molar-refractivity contribution is 5.75. The van der Waals surface area contributed by atoms with E-state index in [4.69, 9.17) is 0 Å². The number of carbonyl (C=O) groups excluding carboxylic acids is 1. The average Bonchev–Trinajstić information content (AvgIpc) is 3.02. The first kappa shape index (κ1) is 16.0. The van der Waals surface area contributed by atoms with Crippen LogP contribution in [0.5, 0.6) is 0 Å². The van der Waals surface area contributed by atoms with Gasteiger partial charge in [0.2, 0.25) is 5.91 Å². The van der Waals surface area contributed by atoms with E-state index in [-0.39, 0.29) is 29.7 Å². The molecule has 1 aromatic rings. The third-order valence-corrected chi connectivity index (χ3v) is 5.16. The van der Waals surface area contributed by atoms with E-state index in [0.717, 1.165) is 49.8 Å². The molecular formula is C17H25N3O3. The van der Waals surface area contributed by atoms with Gasteiger partial charge in [-0.25, -0.2) is 4.79 Å². The monoisotopic (exact) mass is 319 g/mol. The first-order valence-electron chi connectivity index (χ1n) is 8.58. The van der Waals surface area contributed by atoms with E-state index in [1.54, 1.807) is 18.7 Å². The fourth-order valence-electron chi connectivity index (χ4n) is 3.83. The highest BCUT2D eigenvalue weighted by atomic mass is 16.2. The SMILES string of the molecule is CN(C)C(=O)Cn1c2c(c(=O)n(C3CCCCC3)c1=O)CCC2. The van der Waals surface area contributed by atoms with Crippen molar-refractivity contribution in [1.82, 2.24) is 14.0 Å². The van der Waals surface area contributed by atoms with Crippen molar-refractivity contribution in [2.75, 3.05) is 14.1 Å². The molecule has 0 bridgehead atoms. The van der Waals surface area contributed by atoms with Crippen LogP contribution in [0.15, 0.2) is 9.59 Å². The van der Waals surface area contributed by atoms with Crippen LogP contribution in [0.4, 0.5) is 0 Å². The summed E-state index contributed by atoms with van der Waals surface area (Å²) in [5.74, 6) is -0.116. The van der Waals surface area contributed by atoms with Gasteiger partial charge in [-0.2, -0.15) is 0 Å². The molecule has 0 aromatic carbocycles. The van der Waals surface area contributed by atoms with Crippen molar-refractivity contribution in [2.24, 2.45) is 0 Å². The van der Waals surface area contributed by atoms with Gasteiger partial charge in [0.25, 0.3) is 5.56 Å². The molecular weight excluding hydrogens is 294 g/mol. The van der Waals surface area contributed by atoms with Crippen LogP contribution in [-0.4, -0.2) is 34.0 Å². The smallest absolute Gasteiger partial charge is 0.331 e. The lowest BCUT2D eigenvalue weighted by Crippen LogP contribution is -2.46. The quantitative estimate of drug-likeness (QED) is 0.838. The zero-order chi connectivity index (χ0) is 16.6. The number of aromatic nitrogens is 2. The summed E-state index contributed by atoms with van der Waals surface area (Å²) < 4.78 is 3.01. The lowest BCUT2D eigenvalue weighted by Gasteiger charge is -2.25. The Morgan fingerprint density at radius 2 is 1.78 bits per heavy atom. The minimum Gasteiger partial charge on any atom is -0.347 e. The van der Waals surface area contributed by atoms with Crippen LogP contribution in [0, 0.1) is 0 Å². The molecule has 0 atom stereocenters. The minimum absolute atomic E-state index is 0.00430. The topological polar surface area (TPSA) is 64.3 Å². The molecule has 3 rings (SSSR count). The van der Waals surface area contributed by atoms with Gasteiger partial charge in [0.05, 0.1) is 0 Å². The van der Waals surface area contributed by atoms with Crippen LogP contribution in [0.2, 0.25) is 0 Å². The second-order valence-corrected chi connectivity index (χ2v) is 6.90. The largest absolute Gasteiger partial charge is 0.347 e. The Labute approximate surface area is 135 Å².